The molecule has 0 fully saturated rings. The Morgan fingerprint density at radius 2 is 1.88 bits per heavy atom. The van der Waals surface area contributed by atoms with Crippen LogP contribution >= 0.6 is 27.5 Å². The Labute approximate surface area is 155 Å². The van der Waals surface area contributed by atoms with Crippen LogP contribution in [0.15, 0.2) is 53.4 Å². The van der Waals surface area contributed by atoms with Crippen LogP contribution in [0, 0.1) is 10.1 Å². The summed E-state index contributed by atoms with van der Waals surface area (Å²) in [6.45, 7) is 0. The van der Waals surface area contributed by atoms with E-state index in [9.17, 15) is 10.1 Å². The van der Waals surface area contributed by atoms with Gasteiger partial charge in [-0.1, -0.05) is 27.5 Å². The number of benzene rings is 1. The number of aromatic nitrogens is 3. The molecule has 0 unspecified atom stereocenters. The average Bonchev–Trinajstić information content (AvgIpc) is 2.59. The van der Waals surface area contributed by atoms with Gasteiger partial charge in [-0.2, -0.15) is 4.98 Å². The molecule has 0 aliphatic rings. The van der Waals surface area contributed by atoms with Crippen LogP contribution in [0.3, 0.4) is 0 Å². The average molecular weight is 423 g/mol. The van der Waals surface area contributed by atoms with Crippen molar-refractivity contribution in [2.24, 2.45) is 0 Å². The quantitative estimate of drug-likeness (QED) is 0.468. The third-order valence-electron chi connectivity index (χ3n) is 2.97. The summed E-state index contributed by atoms with van der Waals surface area (Å²) in [6, 6.07) is 9.98. The molecule has 0 spiro atoms. The highest BCUT2D eigenvalue weighted by atomic mass is 79.9. The summed E-state index contributed by atoms with van der Waals surface area (Å²) >= 11 is 9.08. The number of nitrogens with zero attached hydrogens (tertiary/aromatic N) is 4. The molecule has 3 rings (SSSR count). The van der Waals surface area contributed by atoms with E-state index in [2.05, 4.69) is 36.2 Å². The van der Waals surface area contributed by atoms with Crippen molar-refractivity contribution in [2.45, 2.75) is 0 Å². The lowest BCUT2D eigenvalue weighted by Crippen LogP contribution is -2.04. The van der Waals surface area contributed by atoms with E-state index < -0.39 is 10.6 Å². The van der Waals surface area contributed by atoms with Crippen molar-refractivity contribution in [1.82, 2.24) is 15.0 Å². The van der Waals surface area contributed by atoms with Gasteiger partial charge in [0.05, 0.1) is 9.95 Å². The van der Waals surface area contributed by atoms with Gasteiger partial charge in [-0.15, -0.1) is 0 Å². The Hall–Kier alpha value is -2.78. The smallest absolute Gasteiger partial charge is 0.373 e. The van der Waals surface area contributed by atoms with Crippen LogP contribution in [0.5, 0.6) is 11.6 Å². The molecular formula is C15H9BrClN5O3. The van der Waals surface area contributed by atoms with Crippen molar-refractivity contribution in [3.63, 3.8) is 0 Å². The van der Waals surface area contributed by atoms with Crippen LogP contribution in [0.25, 0.3) is 0 Å². The van der Waals surface area contributed by atoms with Gasteiger partial charge in [-0.05, 0) is 36.4 Å². The maximum absolute atomic E-state index is 11.5. The number of hydrogen-bond donors (Lipinski definition) is 1. The first kappa shape index (κ1) is 17.1. The van der Waals surface area contributed by atoms with Gasteiger partial charge >= 0.3 is 11.6 Å². The van der Waals surface area contributed by atoms with Crippen molar-refractivity contribution < 1.29 is 9.66 Å². The highest BCUT2D eigenvalue weighted by Crippen LogP contribution is 2.35. The lowest BCUT2D eigenvalue weighted by molar-refractivity contribution is -0.385. The molecule has 3 aromatic rings. The number of halogens is 2. The van der Waals surface area contributed by atoms with E-state index in [1.165, 1.54) is 12.5 Å². The summed E-state index contributed by atoms with van der Waals surface area (Å²) < 4.78 is 6.38. The minimum absolute atomic E-state index is 0.0399. The highest BCUT2D eigenvalue weighted by molar-refractivity contribution is 9.10. The molecule has 25 heavy (non-hydrogen) atoms. The monoisotopic (exact) mass is 421 g/mol. The van der Waals surface area contributed by atoms with Crippen molar-refractivity contribution in [3.05, 3.63) is 68.5 Å². The van der Waals surface area contributed by atoms with Crippen LogP contribution in [0.4, 0.5) is 17.3 Å². The number of anilines is 2. The van der Waals surface area contributed by atoms with Crippen molar-refractivity contribution in [2.75, 3.05) is 5.32 Å². The molecule has 2 aromatic heterocycles. The standard InChI is InChI=1S/C15H9BrClN5O3/c16-9-1-4-11(5-2-9)25-15-13(22(23)24)14(19-8-20-15)21-12-6-3-10(17)7-18-12/h1-8H,(H,18,19,20,21). The predicted molar refractivity (Wildman–Crippen MR) is 95.4 cm³/mol. The molecule has 0 saturated heterocycles. The van der Waals surface area contributed by atoms with E-state index in [4.69, 9.17) is 16.3 Å². The number of nitrogens with one attached hydrogen (secondary N) is 1. The summed E-state index contributed by atoms with van der Waals surface area (Å²) in [5.41, 5.74) is -0.401. The Balaban J connectivity index is 1.94. The molecule has 8 nitrogen and oxygen atoms in total. The maximum Gasteiger partial charge on any atom is 0.373 e. The summed E-state index contributed by atoms with van der Waals surface area (Å²) in [4.78, 5) is 22.7. The number of rotatable bonds is 5. The molecule has 1 aromatic carbocycles. The molecule has 0 saturated carbocycles. The fraction of sp³-hybridized carbons (Fsp3) is 0. The second-order valence-corrected chi connectivity index (χ2v) is 6.03. The van der Waals surface area contributed by atoms with Crippen molar-refractivity contribution in [1.29, 1.82) is 0 Å². The van der Waals surface area contributed by atoms with Crippen LogP contribution in [-0.2, 0) is 0 Å². The highest BCUT2D eigenvalue weighted by Gasteiger charge is 2.25. The Morgan fingerprint density at radius 1 is 1.12 bits per heavy atom. The lowest BCUT2D eigenvalue weighted by atomic mass is 10.3. The van der Waals surface area contributed by atoms with Crippen LogP contribution in [-0.4, -0.2) is 19.9 Å². The van der Waals surface area contributed by atoms with Gasteiger partial charge in [0.2, 0.25) is 5.82 Å². The van der Waals surface area contributed by atoms with Crippen LogP contribution in [0.2, 0.25) is 5.02 Å². The number of pyridine rings is 1. The Kier molecular flexibility index (Phi) is 5.05. The van der Waals surface area contributed by atoms with E-state index in [-0.39, 0.29) is 11.7 Å². The van der Waals surface area contributed by atoms with E-state index in [0.717, 1.165) is 4.47 Å². The van der Waals surface area contributed by atoms with Crippen LogP contribution < -0.4 is 10.1 Å². The second kappa shape index (κ2) is 7.41. The summed E-state index contributed by atoms with van der Waals surface area (Å²) in [7, 11) is 0. The summed E-state index contributed by atoms with van der Waals surface area (Å²) in [5.74, 6) is 0.530. The van der Waals surface area contributed by atoms with Gasteiger partial charge in [-0.3, -0.25) is 10.1 Å². The number of ether oxygens (including phenoxy) is 1. The fourth-order valence-electron chi connectivity index (χ4n) is 1.88. The lowest BCUT2D eigenvalue weighted by Gasteiger charge is -2.09. The van der Waals surface area contributed by atoms with Gasteiger partial charge < -0.3 is 10.1 Å². The van der Waals surface area contributed by atoms with Crippen molar-refractivity contribution in [3.8, 4) is 11.6 Å². The SMILES string of the molecule is O=[N+]([O-])c1c(Nc2ccc(Cl)cn2)ncnc1Oc1ccc(Br)cc1. The number of nitro groups is 1. The Morgan fingerprint density at radius 3 is 2.52 bits per heavy atom. The third-order valence-corrected chi connectivity index (χ3v) is 3.73. The molecule has 0 radical (unpaired) electrons. The fourth-order valence-corrected chi connectivity index (χ4v) is 2.25. The van der Waals surface area contributed by atoms with Gasteiger partial charge in [0, 0.05) is 10.7 Å². The second-order valence-electron chi connectivity index (χ2n) is 4.68. The molecule has 2 heterocycles. The van der Waals surface area contributed by atoms with Gasteiger partial charge in [0.25, 0.3) is 0 Å². The maximum atomic E-state index is 11.5. The first-order chi connectivity index (χ1) is 12.0. The minimum Gasteiger partial charge on any atom is -0.434 e. The molecule has 0 bridgehead atoms. The molecule has 0 amide bonds. The zero-order chi connectivity index (χ0) is 17.8. The molecule has 1 N–H and O–H groups in total. The molecule has 10 heteroatoms. The molecular weight excluding hydrogens is 414 g/mol. The van der Waals surface area contributed by atoms with E-state index in [0.29, 0.717) is 16.6 Å². The first-order valence-corrected chi connectivity index (χ1v) is 8.01. The number of hydrogen-bond acceptors (Lipinski definition) is 7. The van der Waals surface area contributed by atoms with Crippen LogP contribution in [0.1, 0.15) is 0 Å². The molecule has 0 atom stereocenters. The molecule has 0 aliphatic heterocycles. The predicted octanol–water partition coefficient (Wildman–Crippen LogP) is 4.73. The molecule has 126 valence electrons. The van der Waals surface area contributed by atoms with E-state index in [1.807, 2.05) is 0 Å². The first-order valence-electron chi connectivity index (χ1n) is 6.84. The molecule has 0 aliphatic carbocycles. The van der Waals surface area contributed by atoms with E-state index in [1.54, 1.807) is 36.4 Å². The minimum atomic E-state index is -0.619. The summed E-state index contributed by atoms with van der Waals surface area (Å²) in [6.07, 6.45) is 2.58. The van der Waals surface area contributed by atoms with Gasteiger partial charge in [0.1, 0.15) is 17.9 Å². The topological polar surface area (TPSA) is 103 Å². The third kappa shape index (κ3) is 4.20. The normalized spacial score (nSPS) is 10.3. The van der Waals surface area contributed by atoms with Gasteiger partial charge in [0.15, 0.2) is 0 Å². The zero-order valence-electron chi connectivity index (χ0n) is 12.4. The van der Waals surface area contributed by atoms with Crippen molar-refractivity contribution >= 4 is 44.9 Å². The van der Waals surface area contributed by atoms with Gasteiger partial charge in [-0.25, -0.2) is 9.97 Å². The summed E-state index contributed by atoms with van der Waals surface area (Å²) in [5, 5.41) is 14.7. The zero-order valence-corrected chi connectivity index (χ0v) is 14.7. The Bertz CT molecular complexity index is 840. The van der Waals surface area contributed by atoms with E-state index >= 15 is 0 Å². The largest absolute Gasteiger partial charge is 0.434 e.